The smallest absolute Gasteiger partial charge is 0.336 e. The zero-order valence-corrected chi connectivity index (χ0v) is 24.3. The first kappa shape index (κ1) is 29.4. The lowest BCUT2D eigenvalue weighted by molar-refractivity contribution is -0.142. The van der Waals surface area contributed by atoms with E-state index in [9.17, 15) is 9.59 Å². The van der Waals surface area contributed by atoms with E-state index in [0.717, 1.165) is 35.0 Å². The highest BCUT2D eigenvalue weighted by atomic mass is 127. The van der Waals surface area contributed by atoms with Crippen molar-refractivity contribution in [2.24, 2.45) is 10.9 Å². The van der Waals surface area contributed by atoms with Gasteiger partial charge in [-0.2, -0.15) is 0 Å². The molecule has 0 unspecified atom stereocenters. The lowest BCUT2D eigenvalue weighted by atomic mass is 9.84. The molecule has 9 heteroatoms. The predicted octanol–water partition coefficient (Wildman–Crippen LogP) is 5.96. The highest BCUT2D eigenvalue weighted by Crippen LogP contribution is 2.34. The second-order valence-corrected chi connectivity index (χ2v) is 10.4. The molecule has 0 N–H and O–H groups in total. The van der Waals surface area contributed by atoms with E-state index >= 15 is 0 Å². The summed E-state index contributed by atoms with van der Waals surface area (Å²) >= 11 is 8.33. The highest BCUT2D eigenvalue weighted by molar-refractivity contribution is 14.1. The largest absolute Gasteiger partial charge is 0.494 e. The number of hydrogen-bond acceptors (Lipinski definition) is 6. The van der Waals surface area contributed by atoms with Crippen LogP contribution in [-0.4, -0.2) is 53.3 Å². The van der Waals surface area contributed by atoms with Gasteiger partial charge in [-0.05, 0) is 56.4 Å². The van der Waals surface area contributed by atoms with Crippen LogP contribution in [0.15, 0.2) is 63.9 Å². The van der Waals surface area contributed by atoms with Gasteiger partial charge in [0.1, 0.15) is 17.5 Å². The standard InChI is InChI=1S/C28H34ClIN2O5/c1-4-25(29)31-16-19(2)24-15-26(33)32(17-23-7-5-13-36-23)20(3)27(24)28(34)37-18-21-8-10-22(11-9-21)35-14-6-12-30/h4,8-11,16,23-24H,2,5-7,12-15,17-18H2,1,3H3/b25-4-,31-16?/t23-,24+/m1/s1. The van der Waals surface area contributed by atoms with Gasteiger partial charge in [0, 0.05) is 35.3 Å². The first-order valence-electron chi connectivity index (χ1n) is 12.5. The van der Waals surface area contributed by atoms with E-state index in [-0.39, 0.29) is 25.0 Å². The molecule has 2 aliphatic heterocycles. The molecule has 0 saturated carbocycles. The van der Waals surface area contributed by atoms with E-state index in [1.807, 2.05) is 24.3 Å². The van der Waals surface area contributed by atoms with Crippen LogP contribution in [0.25, 0.3) is 0 Å². The molecule has 0 spiro atoms. The maximum absolute atomic E-state index is 13.4. The van der Waals surface area contributed by atoms with Gasteiger partial charge >= 0.3 is 5.97 Å². The minimum absolute atomic E-state index is 0.0383. The molecule has 200 valence electrons. The Morgan fingerprint density at radius 2 is 2.11 bits per heavy atom. The van der Waals surface area contributed by atoms with E-state index in [1.54, 1.807) is 24.8 Å². The molecule has 1 aromatic carbocycles. The molecule has 0 aliphatic carbocycles. The quantitative estimate of drug-likeness (QED) is 0.0704. The zero-order chi connectivity index (χ0) is 26.8. The maximum atomic E-state index is 13.4. The Kier molecular flexibility index (Phi) is 11.7. The molecule has 37 heavy (non-hydrogen) atoms. The number of hydrogen-bond donors (Lipinski definition) is 0. The number of halogens is 2. The minimum atomic E-state index is -0.556. The number of carbonyl (C=O) groups is 2. The average Bonchev–Trinajstić information content (AvgIpc) is 3.42. The van der Waals surface area contributed by atoms with Crippen LogP contribution in [0.1, 0.15) is 45.1 Å². The van der Waals surface area contributed by atoms with Gasteiger partial charge in [0.2, 0.25) is 5.91 Å². The Bertz CT molecular complexity index is 1060. The molecule has 1 aromatic rings. The van der Waals surface area contributed by atoms with E-state index in [0.29, 0.717) is 41.8 Å². The molecular weight excluding hydrogens is 607 g/mol. The molecule has 0 bridgehead atoms. The van der Waals surface area contributed by atoms with Gasteiger partial charge in [-0.1, -0.05) is 59.0 Å². The number of rotatable bonds is 12. The van der Waals surface area contributed by atoms with Gasteiger partial charge in [-0.25, -0.2) is 9.79 Å². The molecule has 0 aromatic heterocycles. The number of benzene rings is 1. The number of aliphatic imine (C=N–C) groups is 1. The van der Waals surface area contributed by atoms with Crippen molar-refractivity contribution in [2.45, 2.75) is 52.2 Å². The van der Waals surface area contributed by atoms with Crippen molar-refractivity contribution >= 4 is 52.3 Å². The number of alkyl halides is 1. The van der Waals surface area contributed by atoms with E-state index in [2.05, 4.69) is 34.2 Å². The van der Waals surface area contributed by atoms with Crippen LogP contribution in [0.3, 0.4) is 0 Å². The normalized spacial score (nSPS) is 20.6. The Hall–Kier alpha value is -2.17. The van der Waals surface area contributed by atoms with Gasteiger partial charge in [0.15, 0.2) is 0 Å². The Labute approximate surface area is 237 Å². The molecule has 2 heterocycles. The van der Waals surface area contributed by atoms with Crippen LogP contribution in [0, 0.1) is 5.92 Å². The molecule has 1 saturated heterocycles. The third kappa shape index (κ3) is 8.41. The van der Waals surface area contributed by atoms with Crippen LogP contribution >= 0.6 is 34.2 Å². The molecule has 7 nitrogen and oxygen atoms in total. The van der Waals surface area contributed by atoms with Gasteiger partial charge in [-0.3, -0.25) is 4.79 Å². The van der Waals surface area contributed by atoms with Crippen LogP contribution in [-0.2, 0) is 25.7 Å². The molecule has 0 radical (unpaired) electrons. The molecule has 2 aliphatic rings. The average molecular weight is 641 g/mol. The van der Waals surface area contributed by atoms with Crippen molar-refractivity contribution in [2.75, 3.05) is 24.2 Å². The number of ether oxygens (including phenoxy) is 3. The van der Waals surface area contributed by atoms with Crippen molar-refractivity contribution in [3.05, 3.63) is 64.5 Å². The summed E-state index contributed by atoms with van der Waals surface area (Å²) in [7, 11) is 0. The summed E-state index contributed by atoms with van der Waals surface area (Å²) in [6.45, 7) is 9.50. The zero-order valence-electron chi connectivity index (χ0n) is 21.4. The monoisotopic (exact) mass is 640 g/mol. The second kappa shape index (κ2) is 14.7. The van der Waals surface area contributed by atoms with Gasteiger partial charge in [0.05, 0.1) is 24.8 Å². The van der Waals surface area contributed by atoms with Crippen molar-refractivity contribution in [3.63, 3.8) is 0 Å². The molecular formula is C28H34ClIN2O5. The van der Waals surface area contributed by atoms with E-state index in [1.165, 1.54) is 6.21 Å². The maximum Gasteiger partial charge on any atom is 0.336 e. The fraction of sp³-hybridized carbons (Fsp3) is 0.464. The van der Waals surface area contributed by atoms with Crippen molar-refractivity contribution in [1.82, 2.24) is 4.90 Å². The van der Waals surface area contributed by atoms with Crippen molar-refractivity contribution in [1.29, 1.82) is 0 Å². The third-order valence-electron chi connectivity index (χ3n) is 6.33. The third-order valence-corrected chi connectivity index (χ3v) is 7.41. The summed E-state index contributed by atoms with van der Waals surface area (Å²) in [5, 5.41) is 0.301. The fourth-order valence-corrected chi connectivity index (χ4v) is 4.63. The van der Waals surface area contributed by atoms with Gasteiger partial charge in [0.25, 0.3) is 0 Å². The first-order valence-corrected chi connectivity index (χ1v) is 14.4. The van der Waals surface area contributed by atoms with Gasteiger partial charge in [-0.15, -0.1) is 0 Å². The number of esters is 1. The lowest BCUT2D eigenvalue weighted by Crippen LogP contribution is -2.43. The number of carbonyl (C=O) groups excluding carboxylic acids is 2. The SMILES string of the molecule is C=C(C=N/C(Cl)=C\C)[C@@H]1CC(=O)N(C[C@H]2CCCO2)C(C)=C1C(=O)OCc1ccc(OCCCI)cc1. The summed E-state index contributed by atoms with van der Waals surface area (Å²) in [6.07, 6.45) is 6.05. The summed E-state index contributed by atoms with van der Waals surface area (Å²) in [4.78, 5) is 32.4. The second-order valence-electron chi connectivity index (χ2n) is 8.95. The minimum Gasteiger partial charge on any atom is -0.494 e. The van der Waals surface area contributed by atoms with E-state index < -0.39 is 11.9 Å². The van der Waals surface area contributed by atoms with Crippen molar-refractivity contribution in [3.8, 4) is 5.75 Å². The van der Waals surface area contributed by atoms with Crippen LogP contribution in [0.5, 0.6) is 5.75 Å². The molecule has 3 rings (SSSR count). The molecule has 1 amide bonds. The Morgan fingerprint density at radius 3 is 2.76 bits per heavy atom. The lowest BCUT2D eigenvalue weighted by Gasteiger charge is -2.35. The Morgan fingerprint density at radius 1 is 1.35 bits per heavy atom. The molecule has 1 fully saturated rings. The number of allylic oxidation sites excluding steroid dienone is 3. The molecule has 2 atom stereocenters. The summed E-state index contributed by atoms with van der Waals surface area (Å²) in [5.41, 5.74) is 2.33. The highest BCUT2D eigenvalue weighted by Gasteiger charge is 2.38. The van der Waals surface area contributed by atoms with Crippen LogP contribution in [0.4, 0.5) is 0 Å². The Balaban J connectivity index is 1.78. The number of nitrogens with zero attached hydrogens (tertiary/aromatic N) is 2. The van der Waals surface area contributed by atoms with Gasteiger partial charge < -0.3 is 19.1 Å². The van der Waals surface area contributed by atoms with Crippen LogP contribution in [0.2, 0.25) is 0 Å². The predicted molar refractivity (Wildman–Crippen MR) is 154 cm³/mol. The topological polar surface area (TPSA) is 77.4 Å². The van der Waals surface area contributed by atoms with Crippen LogP contribution < -0.4 is 4.74 Å². The summed E-state index contributed by atoms with van der Waals surface area (Å²) in [6, 6.07) is 7.50. The number of amides is 1. The summed E-state index contributed by atoms with van der Waals surface area (Å²) < 4.78 is 18.2. The van der Waals surface area contributed by atoms with E-state index in [4.69, 9.17) is 25.8 Å². The first-order chi connectivity index (χ1) is 17.8. The summed E-state index contributed by atoms with van der Waals surface area (Å²) in [5.74, 6) is -0.343. The van der Waals surface area contributed by atoms with Crippen molar-refractivity contribution < 1.29 is 23.8 Å². The fourth-order valence-electron chi connectivity index (χ4n) is 4.27.